The molecule has 2 aromatic carbocycles. The second kappa shape index (κ2) is 9.27. The van der Waals surface area contributed by atoms with E-state index in [9.17, 15) is 14.3 Å². The van der Waals surface area contributed by atoms with E-state index in [0.717, 1.165) is 33.3 Å². The Hall–Kier alpha value is -3.51. The molecule has 2 heterocycles. The Labute approximate surface area is 205 Å². The first kappa shape index (κ1) is 24.6. The van der Waals surface area contributed by atoms with Crippen LogP contribution in [0.15, 0.2) is 60.8 Å². The van der Waals surface area contributed by atoms with Crippen molar-refractivity contribution in [2.24, 2.45) is 0 Å². The molecule has 6 heteroatoms. The molecular weight excluding hydrogens is 443 g/mol. The number of benzene rings is 2. The SMILES string of the molecule is Cc1ccc(-c2c([C@H](OC(C)(C)C)C(=O)O)c(C)nc3c2ccn3C(C)c2ccc(F)cc2)cc1. The van der Waals surface area contributed by atoms with Crippen LogP contribution in [0.1, 0.15) is 62.2 Å². The zero-order chi connectivity index (χ0) is 25.5. The number of nitrogens with zero attached hydrogens (tertiary/aromatic N) is 2. The van der Waals surface area contributed by atoms with Crippen LogP contribution in [0.2, 0.25) is 0 Å². The lowest BCUT2D eigenvalue weighted by molar-refractivity contribution is -0.160. The van der Waals surface area contributed by atoms with Gasteiger partial charge in [-0.05, 0) is 70.9 Å². The number of aromatic nitrogens is 2. The second-order valence-corrected chi connectivity index (χ2v) is 9.99. The number of carbonyl (C=O) groups is 1. The molecule has 1 N–H and O–H groups in total. The van der Waals surface area contributed by atoms with Crippen molar-refractivity contribution < 1.29 is 19.0 Å². The Morgan fingerprint density at radius 1 is 1.03 bits per heavy atom. The maximum absolute atomic E-state index is 13.5. The van der Waals surface area contributed by atoms with Gasteiger partial charge in [0.25, 0.3) is 0 Å². The Morgan fingerprint density at radius 3 is 2.23 bits per heavy atom. The van der Waals surface area contributed by atoms with Crippen molar-refractivity contribution in [2.45, 2.75) is 59.3 Å². The van der Waals surface area contributed by atoms with Gasteiger partial charge in [0, 0.05) is 28.4 Å². The van der Waals surface area contributed by atoms with Gasteiger partial charge < -0.3 is 14.4 Å². The van der Waals surface area contributed by atoms with Gasteiger partial charge in [-0.25, -0.2) is 14.2 Å². The fraction of sp³-hybridized carbons (Fsp3) is 0.310. The molecule has 1 unspecified atom stereocenters. The Balaban J connectivity index is 1.99. The average molecular weight is 475 g/mol. The molecule has 2 atom stereocenters. The number of hydrogen-bond donors (Lipinski definition) is 1. The van der Waals surface area contributed by atoms with Gasteiger partial charge in [-0.3, -0.25) is 0 Å². The molecule has 0 bridgehead atoms. The Kier molecular flexibility index (Phi) is 6.52. The van der Waals surface area contributed by atoms with Gasteiger partial charge in [0.1, 0.15) is 11.5 Å². The van der Waals surface area contributed by atoms with Crippen molar-refractivity contribution in [3.8, 4) is 11.1 Å². The molecule has 0 aliphatic heterocycles. The van der Waals surface area contributed by atoms with E-state index in [1.807, 2.05) is 82.6 Å². The molecule has 0 saturated heterocycles. The Bertz CT molecular complexity index is 1370. The van der Waals surface area contributed by atoms with Crippen LogP contribution in [0.3, 0.4) is 0 Å². The standard InChI is InChI=1S/C29H31FN2O3/c1-17-7-9-21(10-8-17)25-23-15-16-32(19(3)20-11-13-22(30)14-12-20)27(23)31-18(2)24(25)26(28(33)34)35-29(4,5)6/h7-16,19,26H,1-6H3,(H,33,34)/t19?,26-/m0/s1. The third-order valence-electron chi connectivity index (χ3n) is 6.16. The molecule has 35 heavy (non-hydrogen) atoms. The molecule has 0 spiro atoms. The second-order valence-electron chi connectivity index (χ2n) is 9.99. The van der Waals surface area contributed by atoms with E-state index in [0.29, 0.717) is 11.3 Å². The summed E-state index contributed by atoms with van der Waals surface area (Å²) in [6.07, 6.45) is 0.772. The first-order valence-corrected chi connectivity index (χ1v) is 11.7. The molecule has 2 aromatic heterocycles. The summed E-state index contributed by atoms with van der Waals surface area (Å²) in [6.45, 7) is 11.4. The maximum atomic E-state index is 13.5. The number of halogens is 1. The van der Waals surface area contributed by atoms with Gasteiger partial charge in [0.05, 0.1) is 11.6 Å². The summed E-state index contributed by atoms with van der Waals surface area (Å²) in [4.78, 5) is 17.3. The third kappa shape index (κ3) is 4.98. The number of carboxylic acids is 1. The molecule has 0 aliphatic rings. The summed E-state index contributed by atoms with van der Waals surface area (Å²) >= 11 is 0. The van der Waals surface area contributed by atoms with Crippen LogP contribution in [0.4, 0.5) is 4.39 Å². The van der Waals surface area contributed by atoms with E-state index in [2.05, 4.69) is 0 Å². The number of pyridine rings is 1. The fourth-order valence-corrected chi connectivity index (χ4v) is 4.45. The number of ether oxygens (including phenoxy) is 1. The summed E-state index contributed by atoms with van der Waals surface area (Å²) in [5.41, 5.74) is 4.97. The lowest BCUT2D eigenvalue weighted by Crippen LogP contribution is -2.28. The summed E-state index contributed by atoms with van der Waals surface area (Å²) in [6, 6.07) is 16.3. The highest BCUT2D eigenvalue weighted by Crippen LogP contribution is 2.40. The van der Waals surface area contributed by atoms with Gasteiger partial charge in [-0.1, -0.05) is 42.0 Å². The Morgan fingerprint density at radius 2 is 1.66 bits per heavy atom. The van der Waals surface area contributed by atoms with E-state index in [-0.39, 0.29) is 11.9 Å². The predicted molar refractivity (Wildman–Crippen MR) is 136 cm³/mol. The summed E-state index contributed by atoms with van der Waals surface area (Å²) < 4.78 is 21.6. The van der Waals surface area contributed by atoms with Crippen molar-refractivity contribution in [1.82, 2.24) is 9.55 Å². The van der Waals surface area contributed by atoms with Crippen LogP contribution in [0.5, 0.6) is 0 Å². The van der Waals surface area contributed by atoms with Crippen LogP contribution >= 0.6 is 0 Å². The van der Waals surface area contributed by atoms with E-state index in [4.69, 9.17) is 9.72 Å². The quantitative estimate of drug-likeness (QED) is 0.326. The fourth-order valence-electron chi connectivity index (χ4n) is 4.45. The number of fused-ring (bicyclic) bond motifs is 1. The molecule has 4 aromatic rings. The maximum Gasteiger partial charge on any atom is 0.337 e. The molecule has 0 saturated carbocycles. The van der Waals surface area contributed by atoms with Crippen molar-refractivity contribution in [3.05, 3.63) is 89.0 Å². The largest absolute Gasteiger partial charge is 0.479 e. The minimum atomic E-state index is -1.18. The lowest BCUT2D eigenvalue weighted by Gasteiger charge is -2.28. The number of aliphatic carboxylic acids is 1. The van der Waals surface area contributed by atoms with E-state index in [1.165, 1.54) is 12.1 Å². The van der Waals surface area contributed by atoms with Crippen molar-refractivity contribution >= 4 is 17.0 Å². The number of aryl methyl sites for hydroxylation is 2. The first-order chi connectivity index (χ1) is 16.5. The van der Waals surface area contributed by atoms with Crippen LogP contribution < -0.4 is 0 Å². The van der Waals surface area contributed by atoms with Gasteiger partial charge >= 0.3 is 5.97 Å². The third-order valence-corrected chi connectivity index (χ3v) is 6.16. The molecular formula is C29H31FN2O3. The van der Waals surface area contributed by atoms with Crippen molar-refractivity contribution in [3.63, 3.8) is 0 Å². The number of hydrogen-bond acceptors (Lipinski definition) is 3. The summed E-state index contributed by atoms with van der Waals surface area (Å²) in [5.74, 6) is -1.34. The summed E-state index contributed by atoms with van der Waals surface area (Å²) in [7, 11) is 0. The highest BCUT2D eigenvalue weighted by Gasteiger charge is 2.33. The topological polar surface area (TPSA) is 64.3 Å². The summed E-state index contributed by atoms with van der Waals surface area (Å²) in [5, 5.41) is 11.0. The molecule has 0 fully saturated rings. The van der Waals surface area contributed by atoms with Crippen molar-refractivity contribution in [2.75, 3.05) is 0 Å². The van der Waals surface area contributed by atoms with E-state index >= 15 is 0 Å². The minimum Gasteiger partial charge on any atom is -0.479 e. The minimum absolute atomic E-state index is 0.0992. The number of carboxylic acid groups (broad SMARTS) is 1. The van der Waals surface area contributed by atoms with Crippen LogP contribution in [0.25, 0.3) is 22.2 Å². The highest BCUT2D eigenvalue weighted by molar-refractivity contribution is 5.98. The lowest BCUT2D eigenvalue weighted by atomic mass is 9.92. The van der Waals surface area contributed by atoms with Crippen LogP contribution in [-0.4, -0.2) is 26.2 Å². The highest BCUT2D eigenvalue weighted by atomic mass is 19.1. The van der Waals surface area contributed by atoms with E-state index < -0.39 is 17.7 Å². The first-order valence-electron chi connectivity index (χ1n) is 11.7. The number of rotatable bonds is 6. The smallest absolute Gasteiger partial charge is 0.337 e. The zero-order valence-electron chi connectivity index (χ0n) is 21.0. The van der Waals surface area contributed by atoms with Crippen LogP contribution in [0, 0.1) is 19.7 Å². The van der Waals surface area contributed by atoms with Crippen molar-refractivity contribution in [1.29, 1.82) is 0 Å². The normalized spacial score (nSPS) is 13.7. The molecule has 0 radical (unpaired) electrons. The molecule has 182 valence electrons. The zero-order valence-corrected chi connectivity index (χ0v) is 21.0. The molecule has 0 aliphatic carbocycles. The molecule has 0 amide bonds. The van der Waals surface area contributed by atoms with Gasteiger partial charge in [-0.15, -0.1) is 0 Å². The van der Waals surface area contributed by atoms with Gasteiger partial charge in [-0.2, -0.15) is 0 Å². The average Bonchev–Trinajstić information content (AvgIpc) is 3.20. The van der Waals surface area contributed by atoms with Gasteiger partial charge in [0.2, 0.25) is 0 Å². The molecule has 4 rings (SSSR count). The monoisotopic (exact) mass is 474 g/mol. The van der Waals surface area contributed by atoms with E-state index in [1.54, 1.807) is 12.1 Å². The molecule has 5 nitrogen and oxygen atoms in total. The van der Waals surface area contributed by atoms with Gasteiger partial charge in [0.15, 0.2) is 6.10 Å². The predicted octanol–water partition coefficient (Wildman–Crippen LogP) is 7.01. The van der Waals surface area contributed by atoms with Crippen LogP contribution in [-0.2, 0) is 9.53 Å².